The van der Waals surface area contributed by atoms with Crippen LogP contribution in [0.2, 0.25) is 0 Å². The van der Waals surface area contributed by atoms with Crippen molar-refractivity contribution < 1.29 is 19.1 Å². The van der Waals surface area contributed by atoms with Gasteiger partial charge >= 0.3 is 0 Å². The molecule has 0 spiro atoms. The Balaban J connectivity index is 1.67. The molecule has 0 bridgehead atoms. The zero-order valence-electron chi connectivity index (χ0n) is 17.6. The number of amides is 2. The van der Waals surface area contributed by atoms with E-state index in [9.17, 15) is 9.59 Å². The summed E-state index contributed by atoms with van der Waals surface area (Å²) < 4.78 is 12.1. The summed E-state index contributed by atoms with van der Waals surface area (Å²) in [5.74, 6) is 0.497. The zero-order valence-corrected chi connectivity index (χ0v) is 19.2. The second-order valence-corrected chi connectivity index (χ2v) is 7.62. The first-order chi connectivity index (χ1) is 15.5. The number of hydrazone groups is 1. The van der Waals surface area contributed by atoms with Crippen LogP contribution in [0.1, 0.15) is 28.4 Å². The monoisotopic (exact) mass is 495 g/mol. The Morgan fingerprint density at radius 2 is 1.84 bits per heavy atom. The Morgan fingerprint density at radius 1 is 1.06 bits per heavy atom. The third-order valence-electron chi connectivity index (χ3n) is 4.30. The van der Waals surface area contributed by atoms with Crippen molar-refractivity contribution in [2.24, 2.45) is 5.10 Å². The van der Waals surface area contributed by atoms with Crippen LogP contribution in [0.25, 0.3) is 0 Å². The van der Waals surface area contributed by atoms with E-state index in [1.54, 1.807) is 37.4 Å². The molecule has 7 nitrogen and oxygen atoms in total. The molecule has 3 rings (SSSR count). The highest BCUT2D eigenvalue weighted by Gasteiger charge is 2.12. The van der Waals surface area contributed by atoms with Crippen LogP contribution in [-0.2, 0) is 11.4 Å². The van der Waals surface area contributed by atoms with Crippen molar-refractivity contribution >= 4 is 39.6 Å². The number of rotatable bonds is 8. The maximum atomic E-state index is 12.3. The van der Waals surface area contributed by atoms with Gasteiger partial charge in [-0.05, 0) is 57.4 Å². The number of anilines is 1. The summed E-state index contributed by atoms with van der Waals surface area (Å²) in [4.78, 5) is 23.5. The lowest BCUT2D eigenvalue weighted by Crippen LogP contribution is -2.18. The summed E-state index contributed by atoms with van der Waals surface area (Å²) in [5.41, 5.74) is 5.13. The van der Waals surface area contributed by atoms with Crippen molar-refractivity contribution in [3.8, 4) is 11.5 Å². The van der Waals surface area contributed by atoms with Gasteiger partial charge in [-0.1, -0.05) is 36.4 Å². The molecule has 0 radical (unpaired) electrons. The minimum absolute atomic E-state index is 0.212. The topological polar surface area (TPSA) is 89.0 Å². The molecule has 0 heterocycles. The van der Waals surface area contributed by atoms with Crippen LogP contribution in [0.15, 0.2) is 76.3 Å². The van der Waals surface area contributed by atoms with Crippen LogP contribution < -0.4 is 20.2 Å². The molecule has 0 fully saturated rings. The second-order valence-electron chi connectivity index (χ2n) is 6.77. The van der Waals surface area contributed by atoms with Gasteiger partial charge in [0.25, 0.3) is 5.91 Å². The molecule has 8 heteroatoms. The first kappa shape index (κ1) is 23.0. The van der Waals surface area contributed by atoms with Gasteiger partial charge in [-0.3, -0.25) is 9.59 Å². The lowest BCUT2D eigenvalue weighted by atomic mass is 10.2. The molecule has 32 heavy (non-hydrogen) atoms. The molecule has 164 valence electrons. The normalized spacial score (nSPS) is 10.6. The van der Waals surface area contributed by atoms with E-state index in [-0.39, 0.29) is 5.91 Å². The van der Waals surface area contributed by atoms with Crippen molar-refractivity contribution in [2.45, 2.75) is 13.5 Å². The smallest absolute Gasteiger partial charge is 0.271 e. The maximum absolute atomic E-state index is 12.3. The van der Waals surface area contributed by atoms with Gasteiger partial charge in [0.2, 0.25) is 5.91 Å². The van der Waals surface area contributed by atoms with Gasteiger partial charge in [0.05, 0.1) is 17.8 Å². The Labute approximate surface area is 194 Å². The number of ether oxygens (including phenoxy) is 2. The van der Waals surface area contributed by atoms with Gasteiger partial charge in [0.15, 0.2) is 11.5 Å². The van der Waals surface area contributed by atoms with Crippen LogP contribution in [-0.4, -0.2) is 25.1 Å². The summed E-state index contributed by atoms with van der Waals surface area (Å²) >= 11 is 3.51. The summed E-state index contributed by atoms with van der Waals surface area (Å²) in [6.45, 7) is 1.80. The van der Waals surface area contributed by atoms with Crippen molar-refractivity contribution in [3.63, 3.8) is 0 Å². The first-order valence-electron chi connectivity index (χ1n) is 9.71. The van der Waals surface area contributed by atoms with Crippen molar-refractivity contribution in [3.05, 3.63) is 87.9 Å². The molecule has 0 saturated carbocycles. The molecule has 2 N–H and O–H groups in total. The third-order valence-corrected chi connectivity index (χ3v) is 4.89. The predicted octanol–water partition coefficient (Wildman–Crippen LogP) is 4.76. The molecule has 0 saturated heterocycles. The first-order valence-corrected chi connectivity index (χ1v) is 10.5. The molecule has 0 aliphatic heterocycles. The van der Waals surface area contributed by atoms with Crippen LogP contribution >= 0.6 is 15.9 Å². The fraction of sp³-hybridized carbons (Fsp3) is 0.125. The standard InChI is InChI=1S/C24H22BrN3O4/c1-16(29)27-20-10-6-9-19(13-20)24(30)28-26-14-18-11-21(25)23(22(12-18)31-2)32-15-17-7-4-3-5-8-17/h3-14H,15H2,1-2H3,(H,27,29)(H,28,30)/b26-14-. The van der Waals surface area contributed by atoms with Gasteiger partial charge in [0.1, 0.15) is 6.61 Å². The van der Waals surface area contributed by atoms with E-state index in [1.165, 1.54) is 13.1 Å². The molecule has 0 aliphatic rings. The lowest BCUT2D eigenvalue weighted by molar-refractivity contribution is -0.114. The van der Waals surface area contributed by atoms with Crippen LogP contribution in [0, 0.1) is 0 Å². The average Bonchev–Trinajstić information content (AvgIpc) is 2.78. The number of benzene rings is 3. The molecule has 2 amide bonds. The molecule has 3 aromatic rings. The second kappa shape index (κ2) is 11.1. The van der Waals surface area contributed by atoms with Crippen LogP contribution in [0.4, 0.5) is 5.69 Å². The summed E-state index contributed by atoms with van der Waals surface area (Å²) in [7, 11) is 1.56. The van der Waals surface area contributed by atoms with E-state index < -0.39 is 5.91 Å². The van der Waals surface area contributed by atoms with Gasteiger partial charge in [-0.25, -0.2) is 5.43 Å². The van der Waals surface area contributed by atoms with Crippen molar-refractivity contribution in [1.29, 1.82) is 0 Å². The number of hydrogen-bond acceptors (Lipinski definition) is 5. The largest absolute Gasteiger partial charge is 0.493 e. The van der Waals surface area contributed by atoms with E-state index >= 15 is 0 Å². The van der Waals surface area contributed by atoms with Crippen molar-refractivity contribution in [1.82, 2.24) is 5.43 Å². The predicted molar refractivity (Wildman–Crippen MR) is 127 cm³/mol. The number of nitrogens with zero attached hydrogens (tertiary/aromatic N) is 1. The molecular weight excluding hydrogens is 474 g/mol. The fourth-order valence-electron chi connectivity index (χ4n) is 2.86. The SMILES string of the molecule is COc1cc(/C=N\NC(=O)c2cccc(NC(C)=O)c2)cc(Br)c1OCc1ccccc1. The zero-order chi connectivity index (χ0) is 22.9. The van der Waals surface area contributed by atoms with E-state index in [0.29, 0.717) is 39.4 Å². The maximum Gasteiger partial charge on any atom is 0.271 e. The number of carbonyl (C=O) groups excluding carboxylic acids is 2. The number of nitrogens with one attached hydrogen (secondary N) is 2. The van der Waals surface area contributed by atoms with Gasteiger partial charge in [-0.2, -0.15) is 5.10 Å². The molecule has 3 aromatic carbocycles. The minimum Gasteiger partial charge on any atom is -0.493 e. The number of carbonyl (C=O) groups is 2. The third kappa shape index (κ3) is 6.42. The summed E-state index contributed by atoms with van der Waals surface area (Å²) in [6.07, 6.45) is 1.50. The molecule has 0 unspecified atom stereocenters. The average molecular weight is 496 g/mol. The molecule has 0 aromatic heterocycles. The quantitative estimate of drug-likeness (QED) is 0.348. The highest BCUT2D eigenvalue weighted by atomic mass is 79.9. The fourth-order valence-corrected chi connectivity index (χ4v) is 3.43. The highest BCUT2D eigenvalue weighted by molar-refractivity contribution is 9.10. The Hall–Kier alpha value is -3.65. The van der Waals surface area contributed by atoms with Crippen LogP contribution in [0.3, 0.4) is 0 Å². The van der Waals surface area contributed by atoms with Gasteiger partial charge < -0.3 is 14.8 Å². The number of halogens is 1. The van der Waals surface area contributed by atoms with Crippen molar-refractivity contribution in [2.75, 3.05) is 12.4 Å². The molecule has 0 aliphatic carbocycles. The van der Waals surface area contributed by atoms with Gasteiger partial charge in [-0.15, -0.1) is 0 Å². The Bertz CT molecular complexity index is 1130. The van der Waals surface area contributed by atoms with Crippen LogP contribution in [0.5, 0.6) is 11.5 Å². The Kier molecular flexibility index (Phi) is 7.99. The lowest BCUT2D eigenvalue weighted by Gasteiger charge is -2.13. The number of hydrogen-bond donors (Lipinski definition) is 2. The summed E-state index contributed by atoms with van der Waals surface area (Å²) in [5, 5.41) is 6.66. The number of methoxy groups -OCH3 is 1. The molecular formula is C24H22BrN3O4. The minimum atomic E-state index is -0.401. The van der Waals surface area contributed by atoms with Gasteiger partial charge in [0, 0.05) is 18.2 Å². The van der Waals surface area contributed by atoms with E-state index in [1.807, 2.05) is 36.4 Å². The summed E-state index contributed by atoms with van der Waals surface area (Å²) in [6, 6.07) is 20.0. The Morgan fingerprint density at radius 3 is 2.56 bits per heavy atom. The highest BCUT2D eigenvalue weighted by Crippen LogP contribution is 2.36. The van der Waals surface area contributed by atoms with E-state index in [2.05, 4.69) is 31.8 Å². The van der Waals surface area contributed by atoms with E-state index in [0.717, 1.165) is 5.56 Å². The molecule has 0 atom stereocenters. The van der Waals surface area contributed by atoms with E-state index in [4.69, 9.17) is 9.47 Å².